The van der Waals surface area contributed by atoms with Gasteiger partial charge in [0.15, 0.2) is 5.78 Å². The van der Waals surface area contributed by atoms with Gasteiger partial charge >= 0.3 is 0 Å². The molecule has 2 aromatic carbocycles. The molecule has 2 aromatic rings. The Morgan fingerprint density at radius 2 is 1.71 bits per heavy atom. The zero-order valence-electron chi connectivity index (χ0n) is 12.3. The first-order chi connectivity index (χ1) is 10.2. The molecule has 0 amide bonds. The van der Waals surface area contributed by atoms with Crippen LogP contribution in [0.2, 0.25) is 0 Å². The Balaban J connectivity index is 2.21. The van der Waals surface area contributed by atoms with Gasteiger partial charge in [-0.1, -0.05) is 30.3 Å². The number of hydrogen-bond donors (Lipinski definition) is 1. The highest BCUT2D eigenvalue weighted by Crippen LogP contribution is 2.21. The lowest BCUT2D eigenvalue weighted by molar-refractivity contribution is 0.101. The van der Waals surface area contributed by atoms with Gasteiger partial charge in [-0.15, -0.1) is 0 Å². The van der Waals surface area contributed by atoms with Crippen LogP contribution in [-0.4, -0.2) is 19.4 Å². The highest BCUT2D eigenvalue weighted by Gasteiger charge is 2.05. The smallest absolute Gasteiger partial charge is 0.159 e. The summed E-state index contributed by atoms with van der Waals surface area (Å²) in [6, 6.07) is 17.1. The van der Waals surface area contributed by atoms with E-state index in [1.54, 1.807) is 19.1 Å². The van der Waals surface area contributed by atoms with Crippen LogP contribution in [0.25, 0.3) is 5.76 Å². The predicted octanol–water partition coefficient (Wildman–Crippen LogP) is 3.53. The van der Waals surface area contributed by atoms with Gasteiger partial charge < -0.3 is 10.1 Å². The van der Waals surface area contributed by atoms with Crippen LogP contribution < -0.4 is 10.1 Å². The number of ether oxygens (including phenoxy) is 1. The monoisotopic (exact) mass is 281 g/mol. The highest BCUT2D eigenvalue weighted by molar-refractivity contribution is 5.94. The van der Waals surface area contributed by atoms with E-state index in [2.05, 4.69) is 5.32 Å². The first kappa shape index (κ1) is 15.0. The molecule has 0 bridgehead atoms. The molecule has 0 aliphatic heterocycles. The Morgan fingerprint density at radius 3 is 2.29 bits per heavy atom. The molecule has 0 aliphatic carbocycles. The van der Waals surface area contributed by atoms with Gasteiger partial charge in [-0.25, -0.2) is 0 Å². The summed E-state index contributed by atoms with van der Waals surface area (Å²) in [5.41, 5.74) is 1.70. The number of rotatable bonds is 6. The van der Waals surface area contributed by atoms with E-state index in [1.165, 1.54) is 0 Å². The zero-order chi connectivity index (χ0) is 15.1. The molecule has 0 saturated carbocycles. The second kappa shape index (κ2) is 7.41. The molecule has 0 heterocycles. The molecule has 3 heteroatoms. The van der Waals surface area contributed by atoms with Gasteiger partial charge in [0, 0.05) is 17.7 Å². The van der Waals surface area contributed by atoms with Gasteiger partial charge in [-0.3, -0.25) is 4.79 Å². The molecule has 0 fully saturated rings. The topological polar surface area (TPSA) is 38.3 Å². The van der Waals surface area contributed by atoms with Crippen LogP contribution >= 0.6 is 0 Å². The molecular weight excluding hydrogens is 262 g/mol. The quantitative estimate of drug-likeness (QED) is 0.650. The Labute approximate surface area is 125 Å². The number of Topliss-reactive ketones (excluding diaryl/α,β-unsaturated/α-hetero) is 1. The number of likely N-dealkylation sites (N-methyl/N-ethyl adjacent to an activating group) is 1. The maximum Gasteiger partial charge on any atom is 0.159 e. The fourth-order valence-corrected chi connectivity index (χ4v) is 1.90. The highest BCUT2D eigenvalue weighted by atomic mass is 16.5. The van der Waals surface area contributed by atoms with Gasteiger partial charge in [0.1, 0.15) is 11.5 Å². The van der Waals surface area contributed by atoms with Crippen LogP contribution in [-0.2, 0) is 0 Å². The summed E-state index contributed by atoms with van der Waals surface area (Å²) in [7, 11) is 1.89. The fraction of sp³-hybridized carbons (Fsp3) is 0.167. The molecule has 0 spiro atoms. The molecule has 0 saturated heterocycles. The van der Waals surface area contributed by atoms with Crippen molar-refractivity contribution in [2.75, 3.05) is 13.6 Å². The van der Waals surface area contributed by atoms with Crippen molar-refractivity contribution in [3.63, 3.8) is 0 Å². The maximum atomic E-state index is 11.3. The average Bonchev–Trinajstić information content (AvgIpc) is 2.52. The molecule has 0 aromatic heterocycles. The summed E-state index contributed by atoms with van der Waals surface area (Å²) in [6.07, 6.45) is 1.99. The van der Waals surface area contributed by atoms with Crippen LogP contribution in [0.5, 0.6) is 5.75 Å². The van der Waals surface area contributed by atoms with Crippen molar-refractivity contribution in [2.45, 2.75) is 6.92 Å². The van der Waals surface area contributed by atoms with Gasteiger partial charge in [0.2, 0.25) is 0 Å². The maximum absolute atomic E-state index is 11.3. The Hall–Kier alpha value is -2.39. The van der Waals surface area contributed by atoms with Crippen LogP contribution in [0.4, 0.5) is 0 Å². The van der Waals surface area contributed by atoms with Gasteiger partial charge in [-0.05, 0) is 44.3 Å². The molecule has 0 radical (unpaired) electrons. The lowest BCUT2D eigenvalue weighted by Crippen LogP contribution is -2.07. The first-order valence-electron chi connectivity index (χ1n) is 6.89. The minimum atomic E-state index is 0.0514. The normalized spacial score (nSPS) is 11.2. The molecule has 0 aliphatic rings. The van der Waals surface area contributed by atoms with E-state index in [1.807, 2.05) is 55.6 Å². The van der Waals surface area contributed by atoms with Crippen molar-refractivity contribution in [1.29, 1.82) is 0 Å². The minimum Gasteiger partial charge on any atom is -0.457 e. The third-order valence-electron chi connectivity index (χ3n) is 3.04. The SMILES string of the molecule is CNC/C=C(/Oc1ccc(C(C)=O)cc1)c1ccccc1. The van der Waals surface area contributed by atoms with Crippen LogP contribution in [0, 0.1) is 0 Å². The van der Waals surface area contributed by atoms with Crippen molar-refractivity contribution in [3.05, 3.63) is 71.8 Å². The van der Waals surface area contributed by atoms with Crippen molar-refractivity contribution in [3.8, 4) is 5.75 Å². The summed E-state index contributed by atoms with van der Waals surface area (Å²) >= 11 is 0. The minimum absolute atomic E-state index is 0.0514. The molecule has 0 atom stereocenters. The summed E-state index contributed by atoms with van der Waals surface area (Å²) in [5, 5.41) is 3.08. The number of nitrogens with one attached hydrogen (secondary N) is 1. The molecule has 0 unspecified atom stereocenters. The van der Waals surface area contributed by atoms with E-state index in [0.717, 1.165) is 17.9 Å². The van der Waals surface area contributed by atoms with E-state index in [0.29, 0.717) is 11.3 Å². The fourth-order valence-electron chi connectivity index (χ4n) is 1.90. The lowest BCUT2D eigenvalue weighted by atomic mass is 10.1. The molecular formula is C18H19NO2. The van der Waals surface area contributed by atoms with Gasteiger partial charge in [-0.2, -0.15) is 0 Å². The number of carbonyl (C=O) groups excluding carboxylic acids is 1. The number of carbonyl (C=O) groups is 1. The molecule has 21 heavy (non-hydrogen) atoms. The van der Waals surface area contributed by atoms with Crippen molar-refractivity contribution < 1.29 is 9.53 Å². The van der Waals surface area contributed by atoms with Gasteiger partial charge in [0.05, 0.1) is 0 Å². The lowest BCUT2D eigenvalue weighted by Gasteiger charge is -2.11. The van der Waals surface area contributed by atoms with Crippen molar-refractivity contribution >= 4 is 11.5 Å². The van der Waals surface area contributed by atoms with Crippen molar-refractivity contribution in [1.82, 2.24) is 5.32 Å². The number of hydrogen-bond acceptors (Lipinski definition) is 3. The summed E-state index contributed by atoms with van der Waals surface area (Å²) in [4.78, 5) is 11.3. The number of benzene rings is 2. The van der Waals surface area contributed by atoms with Crippen LogP contribution in [0.1, 0.15) is 22.8 Å². The summed E-state index contributed by atoms with van der Waals surface area (Å²) in [5.74, 6) is 1.56. The van der Waals surface area contributed by atoms with E-state index < -0.39 is 0 Å². The van der Waals surface area contributed by atoms with E-state index in [9.17, 15) is 4.79 Å². The van der Waals surface area contributed by atoms with Crippen molar-refractivity contribution in [2.24, 2.45) is 0 Å². The third kappa shape index (κ3) is 4.29. The Morgan fingerprint density at radius 1 is 1.05 bits per heavy atom. The van der Waals surface area contributed by atoms with Crippen LogP contribution in [0.3, 0.4) is 0 Å². The Kier molecular flexibility index (Phi) is 5.29. The van der Waals surface area contributed by atoms with Crippen LogP contribution in [0.15, 0.2) is 60.7 Å². The Bertz CT molecular complexity index is 615. The third-order valence-corrected chi connectivity index (χ3v) is 3.04. The standard InChI is InChI=1S/C18H19NO2/c1-14(20)15-8-10-17(11-9-15)21-18(12-13-19-2)16-6-4-3-5-7-16/h3-12,19H,13H2,1-2H3/b18-12+. The first-order valence-corrected chi connectivity index (χ1v) is 6.89. The van der Waals surface area contributed by atoms with E-state index >= 15 is 0 Å². The summed E-state index contributed by atoms with van der Waals surface area (Å²) in [6.45, 7) is 2.27. The second-order valence-electron chi connectivity index (χ2n) is 4.67. The zero-order valence-corrected chi connectivity index (χ0v) is 12.3. The molecule has 2 rings (SSSR count). The predicted molar refractivity (Wildman–Crippen MR) is 85.4 cm³/mol. The second-order valence-corrected chi connectivity index (χ2v) is 4.67. The van der Waals surface area contributed by atoms with E-state index in [4.69, 9.17) is 4.74 Å². The number of ketones is 1. The van der Waals surface area contributed by atoms with E-state index in [-0.39, 0.29) is 5.78 Å². The average molecular weight is 281 g/mol. The molecule has 1 N–H and O–H groups in total. The molecule has 3 nitrogen and oxygen atoms in total. The summed E-state index contributed by atoms with van der Waals surface area (Å²) < 4.78 is 5.95. The van der Waals surface area contributed by atoms with Gasteiger partial charge in [0.25, 0.3) is 0 Å². The molecule has 108 valence electrons. The largest absolute Gasteiger partial charge is 0.457 e.